The number of carbonyl (C=O) groups is 2. The van der Waals surface area contributed by atoms with E-state index in [-0.39, 0.29) is 18.0 Å². The Bertz CT molecular complexity index is 1940. The van der Waals surface area contributed by atoms with Crippen molar-refractivity contribution in [2.24, 2.45) is 28.3 Å². The van der Waals surface area contributed by atoms with Crippen LogP contribution in [-0.2, 0) is 21.4 Å². The summed E-state index contributed by atoms with van der Waals surface area (Å²) in [4.78, 5) is 39.2. The summed E-state index contributed by atoms with van der Waals surface area (Å²) in [5.74, 6) is 0.931. The summed E-state index contributed by atoms with van der Waals surface area (Å²) in [5.41, 5.74) is 18.3. The molecule has 3 rings (SSSR count). The molecule has 0 spiro atoms. The smallest absolute Gasteiger partial charge is 0.315 e. The van der Waals surface area contributed by atoms with Crippen LogP contribution in [0.15, 0.2) is 97.5 Å². The predicted octanol–water partition coefficient (Wildman–Crippen LogP) is 10.5. The Morgan fingerprint density at radius 2 is 1.07 bits per heavy atom. The fraction of sp³-hybridized carbons (Fsp3) is 0.471. The van der Waals surface area contributed by atoms with Crippen molar-refractivity contribution < 1.29 is 14.4 Å². The second-order valence-electron chi connectivity index (χ2n) is 17.8. The first-order chi connectivity index (χ1) is 28.5. The number of nitrogens with two attached hydrogens (primary N) is 2. The Kier molecular flexibility index (Phi) is 23.0. The Balaban J connectivity index is 0.000000657. The number of aliphatic imine (C=N–C) groups is 1. The van der Waals surface area contributed by atoms with E-state index in [0.29, 0.717) is 19.0 Å². The predicted molar refractivity (Wildman–Crippen MR) is 259 cm³/mol. The lowest BCUT2D eigenvalue weighted by Gasteiger charge is -2.28. The van der Waals surface area contributed by atoms with Crippen LogP contribution in [0.1, 0.15) is 135 Å². The molecular formula is C51H77N7O3. The fourth-order valence-corrected chi connectivity index (χ4v) is 6.10. The molecule has 334 valence electrons. The van der Waals surface area contributed by atoms with Gasteiger partial charge >= 0.3 is 12.1 Å². The number of urea groups is 2. The van der Waals surface area contributed by atoms with Crippen LogP contribution in [0.2, 0.25) is 0 Å². The molecule has 3 aromatic rings. The van der Waals surface area contributed by atoms with E-state index >= 15 is 0 Å². The number of nitrogens with one attached hydrogen (secondary N) is 4. The van der Waals surface area contributed by atoms with E-state index in [1.165, 1.54) is 6.42 Å². The van der Waals surface area contributed by atoms with Crippen molar-refractivity contribution in [1.82, 2.24) is 21.3 Å². The maximum absolute atomic E-state index is 12.6. The van der Waals surface area contributed by atoms with Gasteiger partial charge in [-0.2, -0.15) is 4.99 Å². The van der Waals surface area contributed by atoms with Crippen LogP contribution in [-0.4, -0.2) is 44.3 Å². The highest BCUT2D eigenvalue weighted by Crippen LogP contribution is 2.27. The number of benzene rings is 3. The number of nitrogens with zero attached hydrogens (tertiary/aromatic N) is 1. The van der Waals surface area contributed by atoms with Crippen LogP contribution >= 0.6 is 0 Å². The van der Waals surface area contributed by atoms with Crippen molar-refractivity contribution >= 4 is 34.9 Å². The van der Waals surface area contributed by atoms with Crippen molar-refractivity contribution in [3.05, 3.63) is 126 Å². The Morgan fingerprint density at radius 1 is 0.656 bits per heavy atom. The number of carbonyl (C=O) groups excluding carboxylic acids is 3. The minimum Gasteiger partial charge on any atom is -0.338 e. The highest BCUT2D eigenvalue weighted by Gasteiger charge is 2.25. The molecule has 2 atom stereocenters. The van der Waals surface area contributed by atoms with Gasteiger partial charge in [-0.25, -0.2) is 14.4 Å². The second kappa shape index (κ2) is 26.1. The lowest BCUT2D eigenvalue weighted by atomic mass is 9.92. The Morgan fingerprint density at radius 3 is 1.48 bits per heavy atom. The van der Waals surface area contributed by atoms with E-state index in [4.69, 9.17) is 11.5 Å². The number of allylic oxidation sites excluding steroid dienone is 3. The molecular weight excluding hydrogens is 759 g/mol. The highest BCUT2D eigenvalue weighted by atomic mass is 16.2. The number of hydrogen-bond acceptors (Lipinski definition) is 6. The van der Waals surface area contributed by atoms with Gasteiger partial charge in [0, 0.05) is 13.1 Å². The van der Waals surface area contributed by atoms with Crippen LogP contribution in [0.4, 0.5) is 9.59 Å². The maximum atomic E-state index is 12.6. The summed E-state index contributed by atoms with van der Waals surface area (Å²) < 4.78 is 0. The van der Waals surface area contributed by atoms with E-state index in [9.17, 15) is 14.4 Å². The number of hydrogen-bond donors (Lipinski definition) is 6. The van der Waals surface area contributed by atoms with Gasteiger partial charge in [0.15, 0.2) is 0 Å². The second-order valence-corrected chi connectivity index (χ2v) is 17.8. The van der Waals surface area contributed by atoms with Crippen molar-refractivity contribution in [1.29, 1.82) is 0 Å². The average molecular weight is 836 g/mol. The minimum absolute atomic E-state index is 0.196. The Hall–Kier alpha value is -5.28. The number of rotatable bonds is 19. The van der Waals surface area contributed by atoms with Crippen molar-refractivity contribution in [2.45, 2.75) is 118 Å². The zero-order valence-corrected chi connectivity index (χ0v) is 39.2. The third-order valence-electron chi connectivity index (χ3n) is 10.5. The van der Waals surface area contributed by atoms with E-state index in [0.717, 1.165) is 82.5 Å². The summed E-state index contributed by atoms with van der Waals surface area (Å²) in [6.07, 6.45) is 5.60. The van der Waals surface area contributed by atoms with Crippen molar-refractivity contribution in [3.8, 4) is 0 Å². The topological polar surface area (TPSA) is 164 Å². The first kappa shape index (κ1) is 53.7. The van der Waals surface area contributed by atoms with Crippen LogP contribution in [0, 0.1) is 11.8 Å². The number of amides is 4. The average Bonchev–Trinajstić information content (AvgIpc) is 3.21. The summed E-state index contributed by atoms with van der Waals surface area (Å²) >= 11 is 0. The fourth-order valence-electron chi connectivity index (χ4n) is 6.10. The van der Waals surface area contributed by atoms with Crippen molar-refractivity contribution in [2.75, 3.05) is 26.2 Å². The minimum atomic E-state index is -0.521. The van der Waals surface area contributed by atoms with Gasteiger partial charge in [0.25, 0.3) is 0 Å². The molecule has 0 saturated carbocycles. The summed E-state index contributed by atoms with van der Waals surface area (Å²) in [6, 6.07) is 23.7. The molecule has 61 heavy (non-hydrogen) atoms. The third kappa shape index (κ3) is 20.2. The maximum Gasteiger partial charge on any atom is 0.315 e. The lowest BCUT2D eigenvalue weighted by Crippen LogP contribution is -2.47. The first-order valence-corrected chi connectivity index (χ1v) is 21.4. The summed E-state index contributed by atoms with van der Waals surface area (Å²) in [7, 11) is 0. The van der Waals surface area contributed by atoms with Crippen LogP contribution in [0.5, 0.6) is 0 Å². The Labute approximate surface area is 368 Å². The van der Waals surface area contributed by atoms with E-state index in [2.05, 4.69) is 72.0 Å². The molecule has 2 unspecified atom stereocenters. The molecule has 0 aliphatic heterocycles. The van der Waals surface area contributed by atoms with Crippen LogP contribution in [0.3, 0.4) is 0 Å². The largest absolute Gasteiger partial charge is 0.338 e. The molecule has 0 aliphatic rings. The van der Waals surface area contributed by atoms with Gasteiger partial charge < -0.3 is 32.7 Å². The van der Waals surface area contributed by atoms with Gasteiger partial charge in [0.1, 0.15) is 0 Å². The molecule has 0 radical (unpaired) electrons. The van der Waals surface area contributed by atoms with Crippen molar-refractivity contribution in [3.63, 3.8) is 0 Å². The highest BCUT2D eigenvalue weighted by molar-refractivity contribution is 5.76. The zero-order valence-electron chi connectivity index (χ0n) is 39.2. The first-order valence-electron chi connectivity index (χ1n) is 21.4. The van der Waals surface area contributed by atoms with E-state index in [1.807, 2.05) is 123 Å². The molecule has 0 bridgehead atoms. The molecule has 3 aromatic carbocycles. The van der Waals surface area contributed by atoms with Gasteiger partial charge in [0.05, 0.1) is 16.6 Å². The standard InChI is InChI=1S/C32H46N4O2.C13H15NO.C6H16N2/c1-22(2)25-14-10-16-27(19-25)31(6,7)35-29(37)33-18-12-13-24(5)21-34-30(38)36-32(8,9)28-17-11-15-26(20-28)23(3)4;1-10(2)11-6-5-7-12(8-11)13(3,4)14-9-15;1-6(5-8)3-2-4-7/h10-11,14-17,19-20,24H,1,3,12-13,18,21H2,2,4-9H3,(H2,33,35,37)(H2,34,36,38);5-8H,1H2,2-4H3;6H,2-5,7-8H2,1H3. The van der Waals surface area contributed by atoms with E-state index < -0.39 is 16.6 Å². The molecule has 8 N–H and O–H groups in total. The zero-order chi connectivity index (χ0) is 46.4. The van der Waals surface area contributed by atoms with Gasteiger partial charge in [0.2, 0.25) is 6.08 Å². The third-order valence-corrected chi connectivity index (χ3v) is 10.5. The normalized spacial score (nSPS) is 12.1. The molecule has 0 saturated heterocycles. The SMILES string of the molecule is C=C(C)c1cccc(C(C)(C)N=C=O)c1.C=C(C)c1cccc(C(C)(C)NC(=O)NCCCC(C)CNC(=O)NC(C)(C)c2cccc(C(=C)C)c2)c1.CC(CN)CCCN. The number of isocyanates is 1. The molecule has 0 heterocycles. The molecule has 0 aromatic heterocycles. The van der Waals surface area contributed by atoms with Gasteiger partial charge in [-0.1, -0.05) is 105 Å². The van der Waals surface area contributed by atoms with Gasteiger partial charge in [-0.05, 0) is 165 Å². The van der Waals surface area contributed by atoms with Gasteiger partial charge in [-0.3, -0.25) is 0 Å². The monoisotopic (exact) mass is 836 g/mol. The quantitative estimate of drug-likeness (QED) is 0.0401. The van der Waals surface area contributed by atoms with Gasteiger partial charge in [-0.15, -0.1) is 0 Å². The molecule has 0 fully saturated rings. The molecule has 10 heteroatoms. The summed E-state index contributed by atoms with van der Waals surface area (Å²) in [6.45, 7) is 36.5. The van der Waals surface area contributed by atoms with Crippen LogP contribution in [0.25, 0.3) is 16.7 Å². The molecule has 10 nitrogen and oxygen atoms in total. The van der Waals surface area contributed by atoms with E-state index in [1.54, 1.807) is 6.08 Å². The lowest BCUT2D eigenvalue weighted by molar-refractivity contribution is 0.228. The summed E-state index contributed by atoms with van der Waals surface area (Å²) in [5, 5.41) is 12.1. The van der Waals surface area contributed by atoms with Crippen LogP contribution < -0.4 is 32.7 Å². The molecule has 4 amide bonds. The molecule has 0 aliphatic carbocycles.